The molecule has 2 N–H and O–H groups in total. The number of rotatable bonds is 10. The maximum Gasteiger partial charge on any atom is 0.279 e. The van der Waals surface area contributed by atoms with E-state index in [4.69, 9.17) is 0 Å². The highest BCUT2D eigenvalue weighted by Crippen LogP contribution is 2.22. The Bertz CT molecular complexity index is 517. The SMILES string of the molecule is CC(C)NCCCN(C)S(=O)(=O)NCCc1ccc(Br)s1. The van der Waals surface area contributed by atoms with Crippen molar-refractivity contribution in [2.45, 2.75) is 32.7 Å². The fourth-order valence-corrected chi connectivity index (χ4v) is 4.14. The molecule has 5 nitrogen and oxygen atoms in total. The number of nitrogens with one attached hydrogen (secondary N) is 2. The van der Waals surface area contributed by atoms with Crippen LogP contribution in [0.4, 0.5) is 0 Å². The standard InChI is InChI=1S/C13H24BrN3O2S2/c1-11(2)15-8-4-10-17(3)21(18,19)16-9-7-12-5-6-13(14)20-12/h5-6,11,15-16H,4,7-10H2,1-3H3. The molecule has 122 valence electrons. The highest BCUT2D eigenvalue weighted by Gasteiger charge is 2.16. The fourth-order valence-electron chi connectivity index (χ4n) is 1.71. The second-order valence-corrected chi connectivity index (χ2v) is 9.55. The molecule has 0 amide bonds. The molecule has 21 heavy (non-hydrogen) atoms. The second-order valence-electron chi connectivity index (χ2n) is 5.14. The summed E-state index contributed by atoms with van der Waals surface area (Å²) in [5.74, 6) is 0. The maximum atomic E-state index is 12.0. The van der Waals surface area contributed by atoms with Gasteiger partial charge in [-0.05, 0) is 47.4 Å². The molecular weight excluding hydrogens is 374 g/mol. The predicted octanol–water partition coefficient (Wildman–Crippen LogP) is 2.21. The second kappa shape index (κ2) is 9.22. The van der Waals surface area contributed by atoms with Gasteiger partial charge in [0.1, 0.15) is 0 Å². The highest BCUT2D eigenvalue weighted by atomic mass is 79.9. The van der Waals surface area contributed by atoms with Crippen LogP contribution in [0.2, 0.25) is 0 Å². The van der Waals surface area contributed by atoms with E-state index in [1.165, 1.54) is 4.31 Å². The van der Waals surface area contributed by atoms with Gasteiger partial charge in [-0.15, -0.1) is 11.3 Å². The Kier molecular flexibility index (Phi) is 8.36. The summed E-state index contributed by atoms with van der Waals surface area (Å²) in [6.07, 6.45) is 1.51. The molecule has 0 atom stereocenters. The van der Waals surface area contributed by atoms with Gasteiger partial charge in [0, 0.05) is 31.1 Å². The van der Waals surface area contributed by atoms with Crippen LogP contribution in [-0.2, 0) is 16.6 Å². The minimum absolute atomic E-state index is 0.421. The molecule has 0 spiro atoms. The van der Waals surface area contributed by atoms with Crippen molar-refractivity contribution in [3.63, 3.8) is 0 Å². The fraction of sp³-hybridized carbons (Fsp3) is 0.692. The number of nitrogens with zero attached hydrogens (tertiary/aromatic N) is 1. The minimum Gasteiger partial charge on any atom is -0.314 e. The number of thiophene rings is 1. The van der Waals surface area contributed by atoms with Crippen molar-refractivity contribution >= 4 is 37.5 Å². The third-order valence-corrected chi connectivity index (χ3v) is 6.15. The molecule has 0 radical (unpaired) electrons. The van der Waals surface area contributed by atoms with Crippen LogP contribution in [0, 0.1) is 0 Å². The normalized spacial score (nSPS) is 12.5. The quantitative estimate of drug-likeness (QED) is 0.594. The molecule has 0 bridgehead atoms. The summed E-state index contributed by atoms with van der Waals surface area (Å²) in [5, 5.41) is 3.27. The summed E-state index contributed by atoms with van der Waals surface area (Å²) in [6, 6.07) is 4.40. The van der Waals surface area contributed by atoms with E-state index < -0.39 is 10.2 Å². The van der Waals surface area contributed by atoms with Crippen molar-refractivity contribution in [2.75, 3.05) is 26.7 Å². The van der Waals surface area contributed by atoms with Gasteiger partial charge in [0.15, 0.2) is 0 Å². The molecular formula is C13H24BrN3O2S2. The smallest absolute Gasteiger partial charge is 0.279 e. The van der Waals surface area contributed by atoms with Gasteiger partial charge in [-0.1, -0.05) is 13.8 Å². The van der Waals surface area contributed by atoms with Crippen LogP contribution >= 0.6 is 27.3 Å². The first-order valence-electron chi connectivity index (χ1n) is 7.00. The third kappa shape index (κ3) is 7.71. The van der Waals surface area contributed by atoms with Crippen LogP contribution in [0.5, 0.6) is 0 Å². The van der Waals surface area contributed by atoms with E-state index in [1.54, 1.807) is 18.4 Å². The van der Waals surface area contributed by atoms with Crippen molar-refractivity contribution in [3.05, 3.63) is 20.8 Å². The lowest BCUT2D eigenvalue weighted by Gasteiger charge is -2.18. The Morgan fingerprint density at radius 1 is 1.33 bits per heavy atom. The van der Waals surface area contributed by atoms with Crippen LogP contribution in [0.3, 0.4) is 0 Å². The summed E-state index contributed by atoms with van der Waals surface area (Å²) in [4.78, 5) is 1.16. The number of hydrogen-bond donors (Lipinski definition) is 2. The molecule has 8 heteroatoms. The summed E-state index contributed by atoms with van der Waals surface area (Å²) in [5.41, 5.74) is 0. The Balaban J connectivity index is 2.28. The summed E-state index contributed by atoms with van der Waals surface area (Å²) >= 11 is 5.02. The van der Waals surface area contributed by atoms with Crippen LogP contribution in [0.1, 0.15) is 25.1 Å². The lowest BCUT2D eigenvalue weighted by Crippen LogP contribution is -2.40. The van der Waals surface area contributed by atoms with Crippen LogP contribution in [0.15, 0.2) is 15.9 Å². The molecule has 1 rings (SSSR count). The lowest BCUT2D eigenvalue weighted by atomic mass is 10.3. The van der Waals surface area contributed by atoms with Crippen molar-refractivity contribution in [3.8, 4) is 0 Å². The van der Waals surface area contributed by atoms with Crippen molar-refractivity contribution in [1.82, 2.24) is 14.3 Å². The summed E-state index contributed by atoms with van der Waals surface area (Å²) in [6.45, 7) is 5.90. The van der Waals surface area contributed by atoms with Crippen LogP contribution in [-0.4, -0.2) is 45.4 Å². The zero-order valence-electron chi connectivity index (χ0n) is 12.7. The molecule has 0 aromatic carbocycles. The van der Waals surface area contributed by atoms with Crippen LogP contribution < -0.4 is 10.0 Å². The first-order valence-corrected chi connectivity index (χ1v) is 10.0. The predicted molar refractivity (Wildman–Crippen MR) is 93.0 cm³/mol. The summed E-state index contributed by atoms with van der Waals surface area (Å²) < 4.78 is 29.2. The van der Waals surface area contributed by atoms with Crippen molar-refractivity contribution in [1.29, 1.82) is 0 Å². The Morgan fingerprint density at radius 2 is 2.05 bits per heavy atom. The molecule has 0 saturated carbocycles. The largest absolute Gasteiger partial charge is 0.314 e. The van der Waals surface area contributed by atoms with E-state index in [1.807, 2.05) is 12.1 Å². The Labute approximate surface area is 140 Å². The first kappa shape index (κ1) is 19.1. The van der Waals surface area contributed by atoms with E-state index in [9.17, 15) is 8.42 Å². The van der Waals surface area contributed by atoms with E-state index >= 15 is 0 Å². The number of halogens is 1. The van der Waals surface area contributed by atoms with Gasteiger partial charge in [0.2, 0.25) is 0 Å². The monoisotopic (exact) mass is 397 g/mol. The zero-order valence-corrected chi connectivity index (χ0v) is 15.9. The summed E-state index contributed by atoms with van der Waals surface area (Å²) in [7, 11) is -1.77. The molecule has 1 heterocycles. The van der Waals surface area contributed by atoms with Crippen molar-refractivity contribution < 1.29 is 8.42 Å². The molecule has 0 aliphatic heterocycles. The average molecular weight is 398 g/mol. The van der Waals surface area contributed by atoms with E-state index in [-0.39, 0.29) is 0 Å². The van der Waals surface area contributed by atoms with E-state index in [0.717, 1.165) is 21.6 Å². The van der Waals surface area contributed by atoms with E-state index in [0.29, 0.717) is 25.6 Å². The topological polar surface area (TPSA) is 61.4 Å². The lowest BCUT2D eigenvalue weighted by molar-refractivity contribution is 0.439. The minimum atomic E-state index is -3.38. The molecule has 0 aliphatic carbocycles. The van der Waals surface area contributed by atoms with Crippen LogP contribution in [0.25, 0.3) is 0 Å². The Hall–Kier alpha value is 0.01000. The van der Waals surface area contributed by atoms with Gasteiger partial charge in [-0.3, -0.25) is 0 Å². The number of hydrogen-bond acceptors (Lipinski definition) is 4. The molecule has 0 unspecified atom stereocenters. The van der Waals surface area contributed by atoms with Gasteiger partial charge >= 0.3 is 0 Å². The highest BCUT2D eigenvalue weighted by molar-refractivity contribution is 9.11. The molecule has 1 aromatic heterocycles. The van der Waals surface area contributed by atoms with Gasteiger partial charge < -0.3 is 5.32 Å². The molecule has 0 aliphatic rings. The van der Waals surface area contributed by atoms with Gasteiger partial charge in [0.25, 0.3) is 10.2 Å². The van der Waals surface area contributed by atoms with E-state index in [2.05, 4.69) is 39.8 Å². The van der Waals surface area contributed by atoms with Gasteiger partial charge in [0.05, 0.1) is 3.79 Å². The molecule has 0 saturated heterocycles. The molecule has 0 fully saturated rings. The third-order valence-electron chi connectivity index (χ3n) is 2.90. The first-order chi connectivity index (χ1) is 9.81. The maximum absolute atomic E-state index is 12.0. The Morgan fingerprint density at radius 3 is 2.62 bits per heavy atom. The zero-order chi connectivity index (χ0) is 15.9. The van der Waals surface area contributed by atoms with Gasteiger partial charge in [-0.2, -0.15) is 12.7 Å². The average Bonchev–Trinajstić information content (AvgIpc) is 2.79. The van der Waals surface area contributed by atoms with Crippen molar-refractivity contribution in [2.24, 2.45) is 0 Å². The van der Waals surface area contributed by atoms with Gasteiger partial charge in [-0.25, -0.2) is 4.72 Å². The molecule has 1 aromatic rings.